The summed E-state index contributed by atoms with van der Waals surface area (Å²) >= 11 is 0. The molecule has 1 N–H and O–H groups in total. The fourth-order valence-electron chi connectivity index (χ4n) is 1.67. The second kappa shape index (κ2) is 11.5. The number of nitriles is 2. The minimum atomic E-state index is -0.0645. The van der Waals surface area contributed by atoms with Crippen LogP contribution in [0.1, 0.15) is 26.2 Å². The van der Waals surface area contributed by atoms with Gasteiger partial charge in [-0.2, -0.15) is 10.5 Å². The number of aliphatic hydroxyl groups is 1. The van der Waals surface area contributed by atoms with Crippen LogP contribution in [-0.4, -0.2) is 60.1 Å². The molecular weight excluding hydrogens is 244 g/mol. The topological polar surface area (TPSA) is 91.4 Å². The second-order valence-electron chi connectivity index (χ2n) is 4.14. The summed E-state index contributed by atoms with van der Waals surface area (Å²) in [5.74, 6) is -0.0645. The molecule has 0 radical (unpaired) electrons. The highest BCUT2D eigenvalue weighted by Crippen LogP contribution is 1.99. The lowest BCUT2D eigenvalue weighted by molar-refractivity contribution is -0.132. The molecule has 0 saturated carbocycles. The average Bonchev–Trinajstić information content (AvgIpc) is 2.43. The molecule has 0 unspecified atom stereocenters. The highest BCUT2D eigenvalue weighted by molar-refractivity contribution is 5.78. The molecule has 0 aromatic carbocycles. The van der Waals surface area contributed by atoms with Gasteiger partial charge >= 0.3 is 0 Å². The summed E-state index contributed by atoms with van der Waals surface area (Å²) in [6.45, 7) is 4.48. The third kappa shape index (κ3) is 8.15. The van der Waals surface area contributed by atoms with E-state index in [0.29, 0.717) is 26.1 Å². The van der Waals surface area contributed by atoms with Gasteiger partial charge in [-0.25, -0.2) is 0 Å². The number of hydrogen-bond acceptors (Lipinski definition) is 5. The van der Waals surface area contributed by atoms with E-state index < -0.39 is 0 Å². The van der Waals surface area contributed by atoms with E-state index in [-0.39, 0.29) is 31.9 Å². The largest absolute Gasteiger partial charge is 0.396 e. The lowest BCUT2D eigenvalue weighted by atomic mass is 10.3. The Bertz CT molecular complexity index is 315. The van der Waals surface area contributed by atoms with Gasteiger partial charge in [-0.1, -0.05) is 6.92 Å². The molecule has 0 atom stereocenters. The van der Waals surface area contributed by atoms with E-state index in [1.807, 2.05) is 24.0 Å². The quantitative estimate of drug-likeness (QED) is 0.616. The van der Waals surface area contributed by atoms with Gasteiger partial charge in [0.15, 0.2) is 0 Å². The SMILES string of the molecule is CCN(CCCO)CC(=O)N(CCC#N)CCC#N. The molecule has 0 rings (SSSR count). The van der Waals surface area contributed by atoms with E-state index in [9.17, 15) is 4.79 Å². The molecule has 106 valence electrons. The van der Waals surface area contributed by atoms with Crippen molar-refractivity contribution in [2.75, 3.05) is 39.3 Å². The Labute approximate surface area is 114 Å². The Morgan fingerprint density at radius 2 is 1.74 bits per heavy atom. The number of carbonyl (C=O) groups excluding carboxylic acids is 1. The molecule has 0 aliphatic rings. The fourth-order valence-corrected chi connectivity index (χ4v) is 1.67. The maximum absolute atomic E-state index is 12.1. The molecule has 0 aromatic heterocycles. The molecule has 1 amide bonds. The van der Waals surface area contributed by atoms with Crippen molar-refractivity contribution in [3.05, 3.63) is 0 Å². The summed E-state index contributed by atoms with van der Waals surface area (Å²) in [7, 11) is 0. The van der Waals surface area contributed by atoms with Crippen LogP contribution in [0.25, 0.3) is 0 Å². The van der Waals surface area contributed by atoms with Crippen LogP contribution in [-0.2, 0) is 4.79 Å². The van der Waals surface area contributed by atoms with Crippen molar-refractivity contribution in [3.8, 4) is 12.1 Å². The number of hydrogen-bond donors (Lipinski definition) is 1. The van der Waals surface area contributed by atoms with Crippen molar-refractivity contribution >= 4 is 5.91 Å². The first-order chi connectivity index (χ1) is 9.19. The predicted octanol–water partition coefficient (Wildman–Crippen LogP) is 0.347. The van der Waals surface area contributed by atoms with Crippen LogP contribution in [0.3, 0.4) is 0 Å². The first-order valence-electron chi connectivity index (χ1n) is 6.54. The summed E-state index contributed by atoms with van der Waals surface area (Å²) in [5, 5.41) is 25.9. The molecule has 0 fully saturated rings. The standard InChI is InChI=1S/C13H22N4O2/c1-2-16(8-5-11-18)12-13(19)17(9-3-6-14)10-4-7-15/h18H,2-5,8-12H2,1H3. The van der Waals surface area contributed by atoms with Crippen molar-refractivity contribution in [2.45, 2.75) is 26.2 Å². The number of rotatable bonds is 10. The minimum Gasteiger partial charge on any atom is -0.396 e. The number of amides is 1. The Morgan fingerprint density at radius 3 is 2.16 bits per heavy atom. The van der Waals surface area contributed by atoms with E-state index in [1.54, 1.807) is 4.90 Å². The zero-order valence-electron chi connectivity index (χ0n) is 11.5. The predicted molar refractivity (Wildman–Crippen MR) is 70.9 cm³/mol. The number of aliphatic hydroxyl groups excluding tert-OH is 1. The summed E-state index contributed by atoms with van der Waals surface area (Å²) in [4.78, 5) is 15.6. The zero-order valence-corrected chi connectivity index (χ0v) is 11.5. The van der Waals surface area contributed by atoms with Crippen LogP contribution >= 0.6 is 0 Å². The van der Waals surface area contributed by atoms with Gasteiger partial charge < -0.3 is 10.0 Å². The zero-order chi connectivity index (χ0) is 14.5. The number of likely N-dealkylation sites (N-methyl/N-ethyl adjacent to an activating group) is 1. The van der Waals surface area contributed by atoms with Gasteiger partial charge in [0, 0.05) is 26.2 Å². The normalized spacial score (nSPS) is 9.95. The summed E-state index contributed by atoms with van der Waals surface area (Å²) in [5.41, 5.74) is 0. The molecule has 0 heterocycles. The van der Waals surface area contributed by atoms with Crippen molar-refractivity contribution in [1.29, 1.82) is 10.5 Å². The molecule has 0 saturated heterocycles. The van der Waals surface area contributed by atoms with Gasteiger partial charge in [0.2, 0.25) is 5.91 Å². The van der Waals surface area contributed by atoms with Gasteiger partial charge in [-0.05, 0) is 13.0 Å². The van der Waals surface area contributed by atoms with E-state index >= 15 is 0 Å². The molecule has 0 aliphatic heterocycles. The summed E-state index contributed by atoms with van der Waals surface area (Å²) in [6, 6.07) is 4.02. The Balaban J connectivity index is 4.34. The molecular formula is C13H22N4O2. The van der Waals surface area contributed by atoms with Gasteiger partial charge in [-0.15, -0.1) is 0 Å². The number of nitrogens with zero attached hydrogens (tertiary/aromatic N) is 4. The Kier molecular flexibility index (Phi) is 10.5. The van der Waals surface area contributed by atoms with Crippen molar-refractivity contribution in [2.24, 2.45) is 0 Å². The smallest absolute Gasteiger partial charge is 0.236 e. The molecule has 0 bridgehead atoms. The van der Waals surface area contributed by atoms with Crippen LogP contribution in [0.4, 0.5) is 0 Å². The van der Waals surface area contributed by atoms with Gasteiger partial charge in [0.25, 0.3) is 0 Å². The second-order valence-corrected chi connectivity index (χ2v) is 4.14. The first kappa shape index (κ1) is 17.4. The Morgan fingerprint density at radius 1 is 1.16 bits per heavy atom. The van der Waals surface area contributed by atoms with Crippen LogP contribution < -0.4 is 0 Å². The third-order valence-electron chi connectivity index (χ3n) is 2.78. The monoisotopic (exact) mass is 266 g/mol. The van der Waals surface area contributed by atoms with Crippen molar-refractivity contribution in [1.82, 2.24) is 9.80 Å². The van der Waals surface area contributed by atoms with Crippen LogP contribution in [0.5, 0.6) is 0 Å². The first-order valence-corrected chi connectivity index (χ1v) is 6.54. The highest BCUT2D eigenvalue weighted by Gasteiger charge is 2.15. The maximum atomic E-state index is 12.1. The van der Waals surface area contributed by atoms with Crippen LogP contribution in [0.2, 0.25) is 0 Å². The van der Waals surface area contributed by atoms with Crippen LogP contribution in [0, 0.1) is 22.7 Å². The van der Waals surface area contributed by atoms with Crippen LogP contribution in [0.15, 0.2) is 0 Å². The van der Waals surface area contributed by atoms with Gasteiger partial charge in [0.05, 0.1) is 31.5 Å². The lowest BCUT2D eigenvalue weighted by Crippen LogP contribution is -2.41. The Hall–Kier alpha value is -1.63. The highest BCUT2D eigenvalue weighted by atomic mass is 16.3. The third-order valence-corrected chi connectivity index (χ3v) is 2.78. The van der Waals surface area contributed by atoms with E-state index in [4.69, 9.17) is 15.6 Å². The molecule has 6 heteroatoms. The van der Waals surface area contributed by atoms with Gasteiger partial charge in [0.1, 0.15) is 0 Å². The van der Waals surface area contributed by atoms with E-state index in [0.717, 1.165) is 6.54 Å². The summed E-state index contributed by atoms with van der Waals surface area (Å²) < 4.78 is 0. The van der Waals surface area contributed by atoms with Crippen molar-refractivity contribution in [3.63, 3.8) is 0 Å². The van der Waals surface area contributed by atoms with E-state index in [1.165, 1.54) is 0 Å². The molecule has 0 aliphatic carbocycles. The summed E-state index contributed by atoms with van der Waals surface area (Å²) in [6.07, 6.45) is 1.19. The van der Waals surface area contributed by atoms with Gasteiger partial charge in [-0.3, -0.25) is 9.69 Å². The molecule has 19 heavy (non-hydrogen) atoms. The molecule has 0 aromatic rings. The minimum absolute atomic E-state index is 0.0645. The average molecular weight is 266 g/mol. The molecule has 6 nitrogen and oxygen atoms in total. The maximum Gasteiger partial charge on any atom is 0.236 e. The van der Waals surface area contributed by atoms with E-state index in [2.05, 4.69) is 0 Å². The van der Waals surface area contributed by atoms with Crippen molar-refractivity contribution < 1.29 is 9.90 Å². The molecule has 0 spiro atoms. The fraction of sp³-hybridized carbons (Fsp3) is 0.769. The number of carbonyl (C=O) groups is 1. The lowest BCUT2D eigenvalue weighted by Gasteiger charge is -2.25.